The first kappa shape index (κ1) is 17.3. The summed E-state index contributed by atoms with van der Waals surface area (Å²) in [6, 6.07) is 14.1. The molecule has 2 rings (SSSR count). The molecule has 6 nitrogen and oxygen atoms in total. The smallest absolute Gasteiger partial charge is 0.414 e. The van der Waals surface area contributed by atoms with Crippen LogP contribution in [0.1, 0.15) is 18.1 Å². The molecule has 0 aliphatic rings. The number of hydrogen-bond acceptors (Lipinski definition) is 5. The van der Waals surface area contributed by atoms with Crippen LogP contribution in [0.25, 0.3) is 0 Å². The quantitative estimate of drug-likeness (QED) is 0.734. The SMILES string of the molecule is Cc1ccc(N[C@@H](C)C(=O)NC(=O)OCc2ccccc2)c(N)c1. The van der Waals surface area contributed by atoms with E-state index in [0.29, 0.717) is 11.4 Å². The number of hydrogen-bond donors (Lipinski definition) is 3. The van der Waals surface area contributed by atoms with Gasteiger partial charge in [-0.1, -0.05) is 36.4 Å². The normalized spacial score (nSPS) is 11.4. The summed E-state index contributed by atoms with van der Waals surface area (Å²) in [5.41, 5.74) is 8.95. The minimum absolute atomic E-state index is 0.104. The molecule has 0 unspecified atom stereocenters. The molecule has 0 aliphatic heterocycles. The molecule has 0 aliphatic carbocycles. The molecule has 1 atom stereocenters. The predicted octanol–water partition coefficient (Wildman–Crippen LogP) is 2.83. The van der Waals surface area contributed by atoms with E-state index in [4.69, 9.17) is 10.5 Å². The van der Waals surface area contributed by atoms with Gasteiger partial charge in [0, 0.05) is 0 Å². The summed E-state index contributed by atoms with van der Waals surface area (Å²) in [4.78, 5) is 23.7. The topological polar surface area (TPSA) is 93.5 Å². The summed E-state index contributed by atoms with van der Waals surface area (Å²) in [5.74, 6) is -0.493. The summed E-state index contributed by atoms with van der Waals surface area (Å²) >= 11 is 0. The van der Waals surface area contributed by atoms with Crippen LogP contribution in [-0.4, -0.2) is 18.0 Å². The molecule has 4 N–H and O–H groups in total. The second-order valence-corrected chi connectivity index (χ2v) is 5.51. The van der Waals surface area contributed by atoms with E-state index in [1.807, 2.05) is 43.3 Å². The highest BCUT2D eigenvalue weighted by atomic mass is 16.5. The molecular formula is C18H21N3O3. The number of benzene rings is 2. The Morgan fingerprint density at radius 3 is 2.54 bits per heavy atom. The first-order valence-corrected chi connectivity index (χ1v) is 7.60. The van der Waals surface area contributed by atoms with Crippen molar-refractivity contribution < 1.29 is 14.3 Å². The van der Waals surface area contributed by atoms with Gasteiger partial charge in [-0.15, -0.1) is 0 Å². The molecule has 2 aromatic carbocycles. The maximum absolute atomic E-state index is 12.0. The molecule has 0 saturated heterocycles. The van der Waals surface area contributed by atoms with Gasteiger partial charge in [0.2, 0.25) is 0 Å². The van der Waals surface area contributed by atoms with E-state index in [-0.39, 0.29) is 6.61 Å². The van der Waals surface area contributed by atoms with Crippen molar-refractivity contribution in [3.8, 4) is 0 Å². The van der Waals surface area contributed by atoms with E-state index in [2.05, 4.69) is 10.6 Å². The van der Waals surface area contributed by atoms with Crippen LogP contribution < -0.4 is 16.4 Å². The largest absolute Gasteiger partial charge is 0.444 e. The predicted molar refractivity (Wildman–Crippen MR) is 93.4 cm³/mol. The van der Waals surface area contributed by atoms with E-state index in [1.54, 1.807) is 19.1 Å². The van der Waals surface area contributed by atoms with Gasteiger partial charge in [0.1, 0.15) is 12.6 Å². The summed E-state index contributed by atoms with van der Waals surface area (Å²) in [6.45, 7) is 3.67. The number of imide groups is 1. The molecule has 0 saturated carbocycles. The molecule has 6 heteroatoms. The third-order valence-corrected chi connectivity index (χ3v) is 3.41. The lowest BCUT2D eigenvalue weighted by Gasteiger charge is -2.16. The maximum Gasteiger partial charge on any atom is 0.414 e. The van der Waals surface area contributed by atoms with Gasteiger partial charge in [-0.05, 0) is 37.1 Å². The third kappa shape index (κ3) is 5.01. The number of nitrogens with one attached hydrogen (secondary N) is 2. The standard InChI is InChI=1S/C18H21N3O3/c1-12-8-9-16(15(19)10-12)20-13(2)17(22)21-18(23)24-11-14-6-4-3-5-7-14/h3-10,13,20H,11,19H2,1-2H3,(H,21,22,23)/t13-/m0/s1. The number of aryl methyl sites for hydroxylation is 1. The molecule has 126 valence electrons. The van der Waals surface area contributed by atoms with Crippen LogP contribution in [-0.2, 0) is 16.1 Å². The number of ether oxygens (including phenoxy) is 1. The van der Waals surface area contributed by atoms with Gasteiger partial charge in [-0.2, -0.15) is 0 Å². The Morgan fingerprint density at radius 1 is 1.17 bits per heavy atom. The van der Waals surface area contributed by atoms with Crippen LogP contribution in [0.2, 0.25) is 0 Å². The molecule has 0 spiro atoms. The Kier molecular flexibility index (Phi) is 5.78. The van der Waals surface area contributed by atoms with Crippen molar-refractivity contribution in [1.82, 2.24) is 5.32 Å². The third-order valence-electron chi connectivity index (χ3n) is 3.41. The van der Waals surface area contributed by atoms with Crippen molar-refractivity contribution in [2.24, 2.45) is 0 Å². The fourth-order valence-corrected chi connectivity index (χ4v) is 2.08. The lowest BCUT2D eigenvalue weighted by atomic mass is 10.2. The Labute approximate surface area is 141 Å². The lowest BCUT2D eigenvalue weighted by Crippen LogP contribution is -2.41. The van der Waals surface area contributed by atoms with E-state index in [0.717, 1.165) is 11.1 Å². The van der Waals surface area contributed by atoms with Gasteiger partial charge in [-0.3, -0.25) is 10.1 Å². The average Bonchev–Trinajstić information content (AvgIpc) is 2.56. The first-order valence-electron chi connectivity index (χ1n) is 7.60. The first-order chi connectivity index (χ1) is 11.5. The Balaban J connectivity index is 1.83. The summed E-state index contributed by atoms with van der Waals surface area (Å²) in [5, 5.41) is 5.17. The fourth-order valence-electron chi connectivity index (χ4n) is 2.08. The van der Waals surface area contributed by atoms with Gasteiger partial charge in [-0.25, -0.2) is 4.79 Å². The highest BCUT2D eigenvalue weighted by molar-refractivity contribution is 5.96. The van der Waals surface area contributed by atoms with Crippen molar-refractivity contribution >= 4 is 23.4 Å². The monoisotopic (exact) mass is 327 g/mol. The number of nitrogens with two attached hydrogens (primary N) is 1. The summed E-state index contributed by atoms with van der Waals surface area (Å²) in [6.07, 6.45) is -0.783. The Hall–Kier alpha value is -3.02. The Morgan fingerprint density at radius 2 is 1.88 bits per heavy atom. The van der Waals surface area contributed by atoms with Gasteiger partial charge < -0.3 is 15.8 Å². The maximum atomic E-state index is 12.0. The zero-order valence-corrected chi connectivity index (χ0v) is 13.7. The second-order valence-electron chi connectivity index (χ2n) is 5.51. The zero-order valence-electron chi connectivity index (χ0n) is 13.7. The highest BCUT2D eigenvalue weighted by Crippen LogP contribution is 2.20. The summed E-state index contributed by atoms with van der Waals surface area (Å²) in [7, 11) is 0. The van der Waals surface area contributed by atoms with Crippen LogP contribution in [0.15, 0.2) is 48.5 Å². The number of rotatable bonds is 5. The van der Waals surface area contributed by atoms with Crippen LogP contribution >= 0.6 is 0 Å². The molecule has 0 bridgehead atoms. The van der Waals surface area contributed by atoms with Crippen LogP contribution in [0.3, 0.4) is 0 Å². The van der Waals surface area contributed by atoms with E-state index in [1.165, 1.54) is 0 Å². The zero-order chi connectivity index (χ0) is 17.5. The van der Waals surface area contributed by atoms with Gasteiger partial charge in [0.25, 0.3) is 5.91 Å². The summed E-state index contributed by atoms with van der Waals surface area (Å²) < 4.78 is 5.02. The number of carbonyl (C=O) groups excluding carboxylic acids is 2. The van der Waals surface area contributed by atoms with Crippen LogP contribution in [0.5, 0.6) is 0 Å². The number of anilines is 2. The molecule has 0 heterocycles. The Bertz CT molecular complexity index is 717. The number of amides is 2. The lowest BCUT2D eigenvalue weighted by molar-refractivity contribution is -0.120. The van der Waals surface area contributed by atoms with Crippen molar-refractivity contribution in [3.05, 3.63) is 59.7 Å². The molecule has 2 amide bonds. The van der Waals surface area contributed by atoms with E-state index < -0.39 is 18.0 Å². The number of alkyl carbamates (subject to hydrolysis) is 1. The van der Waals surface area contributed by atoms with Gasteiger partial charge in [0.15, 0.2) is 0 Å². The number of nitrogen functional groups attached to an aromatic ring is 1. The second kappa shape index (κ2) is 8.01. The fraction of sp³-hybridized carbons (Fsp3) is 0.222. The van der Waals surface area contributed by atoms with Crippen molar-refractivity contribution in [3.63, 3.8) is 0 Å². The highest BCUT2D eigenvalue weighted by Gasteiger charge is 2.17. The molecule has 24 heavy (non-hydrogen) atoms. The molecule has 2 aromatic rings. The van der Waals surface area contributed by atoms with Crippen LogP contribution in [0.4, 0.5) is 16.2 Å². The van der Waals surface area contributed by atoms with Gasteiger partial charge >= 0.3 is 6.09 Å². The van der Waals surface area contributed by atoms with Gasteiger partial charge in [0.05, 0.1) is 11.4 Å². The minimum Gasteiger partial charge on any atom is -0.444 e. The van der Waals surface area contributed by atoms with Crippen molar-refractivity contribution in [1.29, 1.82) is 0 Å². The molecule has 0 aromatic heterocycles. The van der Waals surface area contributed by atoms with Crippen molar-refractivity contribution in [2.45, 2.75) is 26.5 Å². The van der Waals surface area contributed by atoms with E-state index >= 15 is 0 Å². The molecule has 0 radical (unpaired) electrons. The minimum atomic E-state index is -0.783. The van der Waals surface area contributed by atoms with Crippen LogP contribution in [0, 0.1) is 6.92 Å². The number of carbonyl (C=O) groups is 2. The van der Waals surface area contributed by atoms with Crippen molar-refractivity contribution in [2.75, 3.05) is 11.1 Å². The van der Waals surface area contributed by atoms with E-state index in [9.17, 15) is 9.59 Å². The molecular weight excluding hydrogens is 306 g/mol. The average molecular weight is 327 g/mol. The molecule has 0 fully saturated rings.